The van der Waals surface area contributed by atoms with Crippen molar-refractivity contribution in [2.75, 3.05) is 5.32 Å². The van der Waals surface area contributed by atoms with Gasteiger partial charge in [0.2, 0.25) is 0 Å². The molecule has 0 aliphatic carbocycles. The van der Waals surface area contributed by atoms with Crippen LogP contribution in [-0.4, -0.2) is 9.97 Å². The molecule has 0 amide bonds. The number of H-pyrrole nitrogens is 1. The van der Waals surface area contributed by atoms with E-state index in [2.05, 4.69) is 63.0 Å². The van der Waals surface area contributed by atoms with E-state index in [0.29, 0.717) is 0 Å². The fourth-order valence-corrected chi connectivity index (χ4v) is 1.80. The van der Waals surface area contributed by atoms with Gasteiger partial charge in [-0.15, -0.1) is 0 Å². The highest BCUT2D eigenvalue weighted by molar-refractivity contribution is 14.1. The number of imidazole rings is 1. The van der Waals surface area contributed by atoms with Crippen LogP contribution in [0.2, 0.25) is 0 Å². The lowest BCUT2D eigenvalue weighted by atomic mass is 10.2. The monoisotopic (exact) mass is 313 g/mol. The molecule has 0 radical (unpaired) electrons. The first kappa shape index (κ1) is 10.5. The van der Waals surface area contributed by atoms with E-state index in [1.165, 1.54) is 9.13 Å². The molecule has 3 nitrogen and oxygen atoms in total. The topological polar surface area (TPSA) is 40.7 Å². The van der Waals surface area contributed by atoms with Gasteiger partial charge in [0.1, 0.15) is 5.82 Å². The quantitative estimate of drug-likeness (QED) is 0.856. The van der Waals surface area contributed by atoms with Gasteiger partial charge in [-0.05, 0) is 47.2 Å². The number of aromatic nitrogens is 2. The van der Waals surface area contributed by atoms with Gasteiger partial charge in [-0.3, -0.25) is 0 Å². The smallest absolute Gasteiger partial charge is 0.125 e. The largest absolute Gasteiger partial charge is 0.378 e. The van der Waals surface area contributed by atoms with Gasteiger partial charge in [-0.25, -0.2) is 4.98 Å². The SMILES string of the molecule is Cc1ccc(NCc2ncc[nH]2)cc1I. The Hall–Kier alpha value is -1.04. The third kappa shape index (κ3) is 2.71. The number of aromatic amines is 1. The number of nitrogens with one attached hydrogen (secondary N) is 2. The summed E-state index contributed by atoms with van der Waals surface area (Å²) in [4.78, 5) is 7.21. The van der Waals surface area contributed by atoms with E-state index >= 15 is 0 Å². The molecule has 78 valence electrons. The highest BCUT2D eigenvalue weighted by atomic mass is 127. The summed E-state index contributed by atoms with van der Waals surface area (Å²) in [5.74, 6) is 0.950. The molecule has 1 aromatic heterocycles. The first-order valence-corrected chi connectivity index (χ1v) is 5.82. The van der Waals surface area contributed by atoms with Crippen molar-refractivity contribution >= 4 is 28.3 Å². The molecular formula is C11H12IN3. The van der Waals surface area contributed by atoms with Gasteiger partial charge < -0.3 is 10.3 Å². The highest BCUT2D eigenvalue weighted by Crippen LogP contribution is 2.17. The number of rotatable bonds is 3. The van der Waals surface area contributed by atoms with Crippen LogP contribution < -0.4 is 5.32 Å². The summed E-state index contributed by atoms with van der Waals surface area (Å²) in [5.41, 5.74) is 2.43. The molecule has 0 saturated heterocycles. The van der Waals surface area contributed by atoms with Gasteiger partial charge in [0, 0.05) is 21.7 Å². The predicted octanol–water partition coefficient (Wildman–Crippen LogP) is 2.93. The van der Waals surface area contributed by atoms with Crippen LogP contribution in [0.15, 0.2) is 30.6 Å². The molecule has 0 aliphatic heterocycles. The van der Waals surface area contributed by atoms with Crippen molar-refractivity contribution in [3.63, 3.8) is 0 Å². The number of aryl methyl sites for hydroxylation is 1. The van der Waals surface area contributed by atoms with Crippen molar-refractivity contribution in [1.29, 1.82) is 0 Å². The summed E-state index contributed by atoms with van der Waals surface area (Å²) >= 11 is 2.34. The molecule has 1 heterocycles. The Morgan fingerprint density at radius 1 is 1.47 bits per heavy atom. The summed E-state index contributed by atoms with van der Waals surface area (Å²) in [5, 5.41) is 3.32. The standard InChI is InChI=1S/C11H12IN3/c1-8-2-3-9(6-10(8)12)15-7-11-13-4-5-14-11/h2-6,15H,7H2,1H3,(H,13,14). The Bertz CT molecular complexity index is 437. The second-order valence-electron chi connectivity index (χ2n) is 3.35. The third-order valence-corrected chi connectivity index (χ3v) is 3.35. The molecule has 2 N–H and O–H groups in total. The number of nitrogens with zero attached hydrogens (tertiary/aromatic N) is 1. The number of hydrogen-bond donors (Lipinski definition) is 2. The molecular weight excluding hydrogens is 301 g/mol. The lowest BCUT2D eigenvalue weighted by Gasteiger charge is -2.06. The zero-order chi connectivity index (χ0) is 10.7. The van der Waals surface area contributed by atoms with E-state index in [1.54, 1.807) is 6.20 Å². The normalized spacial score (nSPS) is 10.3. The first-order valence-electron chi connectivity index (χ1n) is 4.74. The third-order valence-electron chi connectivity index (χ3n) is 2.19. The fourth-order valence-electron chi connectivity index (χ4n) is 1.28. The number of hydrogen-bond acceptors (Lipinski definition) is 2. The molecule has 0 saturated carbocycles. The maximum atomic E-state index is 4.15. The maximum Gasteiger partial charge on any atom is 0.125 e. The van der Waals surface area contributed by atoms with Crippen LogP contribution in [0.5, 0.6) is 0 Å². The van der Waals surface area contributed by atoms with Gasteiger partial charge in [0.05, 0.1) is 6.54 Å². The Kier molecular flexibility index (Phi) is 3.25. The Morgan fingerprint density at radius 3 is 3.00 bits per heavy atom. The number of benzene rings is 1. The average molecular weight is 313 g/mol. The zero-order valence-electron chi connectivity index (χ0n) is 8.42. The van der Waals surface area contributed by atoms with E-state index < -0.39 is 0 Å². The molecule has 0 spiro atoms. The van der Waals surface area contributed by atoms with Crippen molar-refractivity contribution in [3.8, 4) is 0 Å². The van der Waals surface area contributed by atoms with Crippen LogP contribution in [0.4, 0.5) is 5.69 Å². The van der Waals surface area contributed by atoms with Crippen LogP contribution in [-0.2, 0) is 6.54 Å². The van der Waals surface area contributed by atoms with Gasteiger partial charge in [0.25, 0.3) is 0 Å². The number of halogens is 1. The average Bonchev–Trinajstić information content (AvgIpc) is 2.73. The lowest BCUT2D eigenvalue weighted by Crippen LogP contribution is -2.01. The zero-order valence-corrected chi connectivity index (χ0v) is 10.6. The van der Waals surface area contributed by atoms with Gasteiger partial charge in [0.15, 0.2) is 0 Å². The van der Waals surface area contributed by atoms with Crippen LogP contribution in [0, 0.1) is 10.5 Å². The summed E-state index contributed by atoms with van der Waals surface area (Å²) in [6.07, 6.45) is 3.59. The van der Waals surface area contributed by atoms with Crippen molar-refractivity contribution in [2.45, 2.75) is 13.5 Å². The Labute approximate surface area is 102 Å². The summed E-state index contributed by atoms with van der Waals surface area (Å²) in [6, 6.07) is 6.34. The van der Waals surface area contributed by atoms with Crippen LogP contribution in [0.1, 0.15) is 11.4 Å². The molecule has 2 aromatic rings. The molecule has 0 aliphatic rings. The maximum absolute atomic E-state index is 4.15. The van der Waals surface area contributed by atoms with Crippen LogP contribution >= 0.6 is 22.6 Å². The van der Waals surface area contributed by atoms with Crippen molar-refractivity contribution in [1.82, 2.24) is 9.97 Å². The van der Waals surface area contributed by atoms with Crippen LogP contribution in [0.3, 0.4) is 0 Å². The molecule has 0 fully saturated rings. The fraction of sp³-hybridized carbons (Fsp3) is 0.182. The van der Waals surface area contributed by atoms with Gasteiger partial charge >= 0.3 is 0 Å². The predicted molar refractivity (Wildman–Crippen MR) is 69.8 cm³/mol. The second kappa shape index (κ2) is 4.65. The van der Waals surface area contributed by atoms with Crippen molar-refractivity contribution in [2.24, 2.45) is 0 Å². The molecule has 4 heteroatoms. The Balaban J connectivity index is 2.02. The van der Waals surface area contributed by atoms with Gasteiger partial charge in [-0.1, -0.05) is 6.07 Å². The molecule has 2 rings (SSSR count). The van der Waals surface area contributed by atoms with Crippen molar-refractivity contribution < 1.29 is 0 Å². The molecule has 15 heavy (non-hydrogen) atoms. The molecule has 0 atom stereocenters. The summed E-state index contributed by atoms with van der Waals surface area (Å²) in [7, 11) is 0. The van der Waals surface area contributed by atoms with Crippen molar-refractivity contribution in [3.05, 3.63) is 45.6 Å². The second-order valence-corrected chi connectivity index (χ2v) is 4.52. The first-order chi connectivity index (χ1) is 7.25. The minimum atomic E-state index is 0.728. The van der Waals surface area contributed by atoms with E-state index in [9.17, 15) is 0 Å². The van der Waals surface area contributed by atoms with Gasteiger partial charge in [-0.2, -0.15) is 0 Å². The molecule has 0 unspecified atom stereocenters. The van der Waals surface area contributed by atoms with E-state index in [1.807, 2.05) is 6.20 Å². The minimum Gasteiger partial charge on any atom is -0.378 e. The minimum absolute atomic E-state index is 0.728. The highest BCUT2D eigenvalue weighted by Gasteiger charge is 1.98. The summed E-state index contributed by atoms with van der Waals surface area (Å²) < 4.78 is 1.28. The van der Waals surface area contributed by atoms with Crippen LogP contribution in [0.25, 0.3) is 0 Å². The Morgan fingerprint density at radius 2 is 2.33 bits per heavy atom. The van der Waals surface area contributed by atoms with E-state index in [4.69, 9.17) is 0 Å². The number of anilines is 1. The molecule has 0 bridgehead atoms. The lowest BCUT2D eigenvalue weighted by molar-refractivity contribution is 0.999. The van der Waals surface area contributed by atoms with E-state index in [0.717, 1.165) is 18.1 Å². The van der Waals surface area contributed by atoms with E-state index in [-0.39, 0.29) is 0 Å². The summed E-state index contributed by atoms with van der Waals surface area (Å²) in [6.45, 7) is 2.84. The molecule has 1 aromatic carbocycles.